The van der Waals surface area contributed by atoms with Gasteiger partial charge in [-0.25, -0.2) is 18.7 Å². The van der Waals surface area contributed by atoms with Crippen LogP contribution in [0.25, 0.3) is 5.69 Å². The number of benzene rings is 2. The van der Waals surface area contributed by atoms with Crippen LogP contribution in [0.15, 0.2) is 61.2 Å². The Hall–Kier alpha value is -4.09. The van der Waals surface area contributed by atoms with Crippen LogP contribution < -0.4 is 5.32 Å². The van der Waals surface area contributed by atoms with Gasteiger partial charge >= 0.3 is 6.18 Å². The lowest BCUT2D eigenvalue weighted by Crippen LogP contribution is -2.27. The van der Waals surface area contributed by atoms with Gasteiger partial charge in [-0.3, -0.25) is 4.79 Å². The first-order chi connectivity index (χ1) is 15.3. The van der Waals surface area contributed by atoms with E-state index in [4.69, 9.17) is 0 Å². The molecule has 0 aliphatic heterocycles. The Morgan fingerprint density at radius 1 is 1.06 bits per heavy atom. The van der Waals surface area contributed by atoms with Crippen LogP contribution in [0.3, 0.4) is 0 Å². The van der Waals surface area contributed by atoms with Gasteiger partial charge in [-0.1, -0.05) is 35.5 Å². The average molecular weight is 445 g/mol. The Morgan fingerprint density at radius 2 is 1.81 bits per heavy atom. The van der Waals surface area contributed by atoms with Crippen molar-refractivity contribution < 1.29 is 22.4 Å². The van der Waals surface area contributed by atoms with Gasteiger partial charge in [0, 0.05) is 6.54 Å². The maximum atomic E-state index is 13.7. The van der Waals surface area contributed by atoms with Crippen molar-refractivity contribution in [2.45, 2.75) is 19.3 Å². The number of carbonyl (C=O) groups excluding carboxylic acids is 1. The Labute approximate surface area is 178 Å². The molecule has 8 nitrogen and oxygen atoms in total. The van der Waals surface area contributed by atoms with E-state index in [1.165, 1.54) is 18.5 Å². The molecule has 32 heavy (non-hydrogen) atoms. The topological polar surface area (TPSA) is 90.5 Å². The molecule has 12 heteroatoms. The maximum Gasteiger partial charge on any atom is 0.435 e. The summed E-state index contributed by atoms with van der Waals surface area (Å²) in [5.74, 6) is -1.80. The average Bonchev–Trinajstić information content (AvgIpc) is 3.43. The third-order valence-electron chi connectivity index (χ3n) is 4.49. The fraction of sp³-hybridized carbons (Fsp3) is 0.150. The number of rotatable bonds is 6. The number of nitrogens with zero attached hydrogens (tertiary/aromatic N) is 6. The third-order valence-corrected chi connectivity index (χ3v) is 4.49. The van der Waals surface area contributed by atoms with Crippen LogP contribution in [0.5, 0.6) is 0 Å². The molecule has 1 N–H and O–H groups in total. The number of hydrogen-bond donors (Lipinski definition) is 1. The van der Waals surface area contributed by atoms with Gasteiger partial charge < -0.3 is 5.32 Å². The Kier molecular flexibility index (Phi) is 5.67. The molecule has 2 aromatic heterocycles. The molecule has 0 atom stereocenters. The fourth-order valence-electron chi connectivity index (χ4n) is 3.01. The number of alkyl halides is 3. The monoisotopic (exact) mass is 445 g/mol. The van der Waals surface area contributed by atoms with Crippen molar-refractivity contribution in [3.8, 4) is 5.69 Å². The molecule has 4 aromatic rings. The highest BCUT2D eigenvalue weighted by atomic mass is 19.4. The van der Waals surface area contributed by atoms with Crippen molar-refractivity contribution in [3.63, 3.8) is 0 Å². The highest BCUT2D eigenvalue weighted by molar-refractivity contribution is 5.93. The third kappa shape index (κ3) is 4.63. The van der Waals surface area contributed by atoms with Crippen LogP contribution >= 0.6 is 0 Å². The lowest BCUT2D eigenvalue weighted by atomic mass is 10.1. The van der Waals surface area contributed by atoms with E-state index >= 15 is 0 Å². The highest BCUT2D eigenvalue weighted by Gasteiger charge is 2.42. The van der Waals surface area contributed by atoms with Gasteiger partial charge in [0.25, 0.3) is 5.91 Å². The zero-order chi connectivity index (χ0) is 22.7. The molecule has 0 saturated heterocycles. The molecule has 1 amide bonds. The molecule has 0 aliphatic rings. The summed E-state index contributed by atoms with van der Waals surface area (Å²) in [5.41, 5.74) is -0.880. The summed E-state index contributed by atoms with van der Waals surface area (Å²) >= 11 is 0. The normalized spacial score (nSPS) is 11.5. The van der Waals surface area contributed by atoms with Crippen molar-refractivity contribution in [1.82, 2.24) is 35.1 Å². The second kappa shape index (κ2) is 8.57. The second-order valence-electron chi connectivity index (χ2n) is 6.77. The number of amides is 1. The van der Waals surface area contributed by atoms with Gasteiger partial charge in [0.1, 0.15) is 18.5 Å². The molecule has 2 heterocycles. The Morgan fingerprint density at radius 3 is 2.47 bits per heavy atom. The first-order valence-corrected chi connectivity index (χ1v) is 9.28. The number of halogens is 4. The molecular weight excluding hydrogens is 430 g/mol. The highest BCUT2D eigenvalue weighted by Crippen LogP contribution is 2.32. The first-order valence-electron chi connectivity index (χ1n) is 9.28. The van der Waals surface area contributed by atoms with Crippen molar-refractivity contribution in [2.24, 2.45) is 0 Å². The zero-order valence-electron chi connectivity index (χ0n) is 16.3. The van der Waals surface area contributed by atoms with Crippen LogP contribution in [0.4, 0.5) is 17.6 Å². The van der Waals surface area contributed by atoms with E-state index in [1.807, 2.05) is 12.1 Å². The summed E-state index contributed by atoms with van der Waals surface area (Å²) in [6.45, 7) is 0.483. The maximum absolute atomic E-state index is 13.7. The smallest absolute Gasteiger partial charge is 0.346 e. The minimum atomic E-state index is -4.94. The summed E-state index contributed by atoms with van der Waals surface area (Å²) in [7, 11) is 0. The van der Waals surface area contributed by atoms with E-state index in [-0.39, 0.29) is 12.2 Å². The molecule has 164 valence electrons. The van der Waals surface area contributed by atoms with Crippen LogP contribution in [0.1, 0.15) is 27.3 Å². The fourth-order valence-corrected chi connectivity index (χ4v) is 3.01. The standard InChI is InChI=1S/C20H15F4N7O/c21-15-2-1-3-16(8-15)31-18(20(22,23)24)17(28-29-31)19(32)26-9-13-4-6-14(7-5-13)10-30-12-25-11-27-30/h1-8,11-12H,9-10H2,(H,26,32). The van der Waals surface area contributed by atoms with Gasteiger partial charge in [-0.2, -0.15) is 18.3 Å². The summed E-state index contributed by atoms with van der Waals surface area (Å²) in [5, 5.41) is 13.2. The lowest BCUT2D eigenvalue weighted by Gasteiger charge is -2.11. The minimum absolute atomic E-state index is 0.0213. The van der Waals surface area contributed by atoms with Crippen LogP contribution in [-0.2, 0) is 19.3 Å². The summed E-state index contributed by atoms with van der Waals surface area (Å²) in [4.78, 5) is 16.3. The number of aromatic nitrogens is 6. The molecule has 0 spiro atoms. The molecule has 0 bridgehead atoms. The molecule has 0 radical (unpaired) electrons. The summed E-state index contributed by atoms with van der Waals surface area (Å²) < 4.78 is 56.5. The molecule has 0 saturated carbocycles. The van der Waals surface area contributed by atoms with Crippen molar-refractivity contribution in [1.29, 1.82) is 0 Å². The van der Waals surface area contributed by atoms with E-state index in [0.29, 0.717) is 16.8 Å². The second-order valence-corrected chi connectivity index (χ2v) is 6.77. The van der Waals surface area contributed by atoms with E-state index in [2.05, 4.69) is 25.7 Å². The lowest BCUT2D eigenvalue weighted by molar-refractivity contribution is -0.143. The number of carbonyl (C=O) groups is 1. The van der Waals surface area contributed by atoms with E-state index in [0.717, 1.165) is 17.7 Å². The van der Waals surface area contributed by atoms with Crippen LogP contribution in [0, 0.1) is 5.82 Å². The number of hydrogen-bond acceptors (Lipinski definition) is 5. The van der Waals surface area contributed by atoms with E-state index in [9.17, 15) is 22.4 Å². The van der Waals surface area contributed by atoms with Crippen molar-refractivity contribution in [3.05, 3.63) is 89.5 Å². The van der Waals surface area contributed by atoms with Gasteiger partial charge in [-0.05, 0) is 29.3 Å². The largest absolute Gasteiger partial charge is 0.435 e. The zero-order valence-corrected chi connectivity index (χ0v) is 16.3. The number of nitrogens with one attached hydrogen (secondary N) is 1. The predicted octanol–water partition coefficient (Wildman–Crippen LogP) is 3.00. The summed E-state index contributed by atoms with van der Waals surface area (Å²) in [6.07, 6.45) is -1.95. The quantitative estimate of drug-likeness (QED) is 0.461. The molecule has 0 fully saturated rings. The van der Waals surface area contributed by atoms with Crippen LogP contribution in [-0.4, -0.2) is 35.7 Å². The van der Waals surface area contributed by atoms with Gasteiger partial charge in [-0.15, -0.1) is 5.10 Å². The van der Waals surface area contributed by atoms with E-state index < -0.39 is 29.3 Å². The minimum Gasteiger partial charge on any atom is -0.346 e. The first kappa shape index (κ1) is 21.2. The van der Waals surface area contributed by atoms with Gasteiger partial charge in [0.15, 0.2) is 11.4 Å². The molecule has 2 aromatic carbocycles. The molecular formula is C20H15F4N7O. The van der Waals surface area contributed by atoms with Crippen molar-refractivity contribution in [2.75, 3.05) is 0 Å². The van der Waals surface area contributed by atoms with Crippen molar-refractivity contribution >= 4 is 5.91 Å². The SMILES string of the molecule is O=C(NCc1ccc(Cn2cncn2)cc1)c1nnn(-c2cccc(F)c2)c1C(F)(F)F. The van der Waals surface area contributed by atoms with Crippen LogP contribution in [0.2, 0.25) is 0 Å². The Bertz CT molecular complexity index is 1220. The van der Waals surface area contributed by atoms with Gasteiger partial charge in [0.2, 0.25) is 0 Å². The van der Waals surface area contributed by atoms with E-state index in [1.54, 1.807) is 23.1 Å². The predicted molar refractivity (Wildman–Crippen MR) is 103 cm³/mol. The summed E-state index contributed by atoms with van der Waals surface area (Å²) in [6, 6.07) is 11.5. The molecule has 4 rings (SSSR count). The molecule has 0 aliphatic carbocycles. The Balaban J connectivity index is 1.50. The van der Waals surface area contributed by atoms with Gasteiger partial charge in [0.05, 0.1) is 12.2 Å². The molecule has 0 unspecified atom stereocenters.